The van der Waals surface area contributed by atoms with Crippen LogP contribution in [-0.4, -0.2) is 96.7 Å². The number of Topliss-reactive ketones (excluding diaryl/α,β-unsaturated/α-hetero) is 1. The van der Waals surface area contributed by atoms with Crippen molar-refractivity contribution in [2.75, 3.05) is 48.0 Å². The molecule has 548 valence electrons. The molecule has 3 aromatic heterocycles. The summed E-state index contributed by atoms with van der Waals surface area (Å²) in [6, 6.07) is 32.3. The van der Waals surface area contributed by atoms with Gasteiger partial charge in [0.1, 0.15) is 17.5 Å². The van der Waals surface area contributed by atoms with Gasteiger partial charge in [0.05, 0.1) is 54.4 Å². The van der Waals surface area contributed by atoms with Crippen LogP contribution in [0.25, 0.3) is 17.2 Å². The third-order valence-electron chi connectivity index (χ3n) is 19.0. The van der Waals surface area contributed by atoms with Gasteiger partial charge >= 0.3 is 0 Å². The lowest BCUT2D eigenvalue weighted by Crippen LogP contribution is -2.26. The van der Waals surface area contributed by atoms with Crippen LogP contribution in [0.5, 0.6) is 34.5 Å². The van der Waals surface area contributed by atoms with E-state index in [0.29, 0.717) is 43.1 Å². The van der Waals surface area contributed by atoms with Gasteiger partial charge in [0.25, 0.3) is 5.78 Å². The Morgan fingerprint density at radius 2 is 0.962 bits per heavy atom. The van der Waals surface area contributed by atoms with Gasteiger partial charge < -0.3 is 54.6 Å². The minimum absolute atomic E-state index is 0.0323. The molecule has 6 unspecified atom stereocenters. The van der Waals surface area contributed by atoms with Crippen LogP contribution in [0.3, 0.4) is 0 Å². The van der Waals surface area contributed by atoms with Crippen LogP contribution in [0.15, 0.2) is 193 Å². The average Bonchev–Trinajstić information content (AvgIpc) is 1.64. The minimum atomic E-state index is -0.367. The Hall–Kier alpha value is -10.9. The summed E-state index contributed by atoms with van der Waals surface area (Å²) < 4.78 is 74.1. The highest BCUT2D eigenvalue weighted by atomic mass is 35.5. The maximum absolute atomic E-state index is 14.2. The molecule has 23 heteroatoms. The Morgan fingerprint density at radius 3 is 1.43 bits per heavy atom. The van der Waals surface area contributed by atoms with Gasteiger partial charge in [-0.05, 0) is 224 Å². The molecule has 3 heterocycles. The zero-order chi connectivity index (χ0) is 75.4. The van der Waals surface area contributed by atoms with E-state index in [0.717, 1.165) is 77.9 Å². The monoisotopic (exact) mass is 1470 g/mol. The fourth-order valence-electron chi connectivity index (χ4n) is 13.7. The molecule has 0 spiro atoms. The molecule has 3 amide bonds. The average molecular weight is 1470 g/mol. The zero-order valence-electron chi connectivity index (χ0n) is 59.6. The number of benzene rings is 5. The number of phenolic OH excluding ortho intramolecular Hbond substituents is 2. The second-order valence-corrected chi connectivity index (χ2v) is 26.1. The Bertz CT molecular complexity index is 4520. The van der Waals surface area contributed by atoms with E-state index in [-0.39, 0.29) is 136 Å². The Balaban J connectivity index is 0.000000179. The fourth-order valence-corrected chi connectivity index (χ4v) is 13.7. The number of ether oxygens (including phenoxy) is 6. The number of nitrogens with one attached hydrogen (secondary N) is 3. The van der Waals surface area contributed by atoms with Crippen LogP contribution in [0.2, 0.25) is 0 Å². The molecule has 0 radical (unpaired) electrons. The first-order valence-corrected chi connectivity index (χ1v) is 34.8. The highest BCUT2D eigenvalue weighted by Gasteiger charge is 2.41. The summed E-state index contributed by atoms with van der Waals surface area (Å²) in [4.78, 5) is 62.8. The number of carbonyl (C=O) groups is 4. The first-order chi connectivity index (χ1) is 50.6. The molecule has 5 N–H and O–H groups in total. The van der Waals surface area contributed by atoms with E-state index in [9.17, 15) is 42.6 Å². The first-order valence-electron chi connectivity index (χ1n) is 33.7. The molecule has 0 saturated carbocycles. The van der Waals surface area contributed by atoms with Crippen molar-refractivity contribution in [3.8, 4) is 34.5 Å². The zero-order valence-corrected chi connectivity index (χ0v) is 61.1. The van der Waals surface area contributed by atoms with Gasteiger partial charge in [-0.2, -0.15) is 0 Å². The van der Waals surface area contributed by atoms with Crippen LogP contribution in [0.4, 0.5) is 13.2 Å². The van der Waals surface area contributed by atoms with Crippen molar-refractivity contribution in [1.29, 1.82) is 0 Å². The summed E-state index contributed by atoms with van der Waals surface area (Å²) in [6.07, 6.45) is 18.7. The lowest BCUT2D eigenvalue weighted by molar-refractivity contribution is -0.122. The van der Waals surface area contributed by atoms with Gasteiger partial charge in [-0.25, -0.2) is 13.2 Å². The highest BCUT2D eigenvalue weighted by molar-refractivity contribution is 6.40. The lowest BCUT2D eigenvalue weighted by atomic mass is 9.83. The van der Waals surface area contributed by atoms with Crippen LogP contribution in [-0.2, 0) is 54.7 Å². The molecular formula is C82H83Cl2F3N6O12. The van der Waals surface area contributed by atoms with E-state index in [4.69, 9.17) is 51.6 Å². The van der Waals surface area contributed by atoms with E-state index in [2.05, 4.69) is 44.7 Å². The van der Waals surface area contributed by atoms with Gasteiger partial charge in [0.15, 0.2) is 34.5 Å². The third kappa shape index (κ3) is 19.5. The van der Waals surface area contributed by atoms with Crippen molar-refractivity contribution in [2.24, 2.45) is 11.8 Å². The van der Waals surface area contributed by atoms with E-state index >= 15 is 0 Å². The second-order valence-electron chi connectivity index (χ2n) is 25.3. The lowest BCUT2D eigenvalue weighted by Gasteiger charge is -2.22. The number of amides is 3. The molecule has 5 aromatic carbocycles. The molecule has 4 aliphatic carbocycles. The van der Waals surface area contributed by atoms with Crippen molar-refractivity contribution >= 4 is 63.9 Å². The molecule has 8 aromatic rings. The number of ketones is 1. The molecule has 6 atom stereocenters. The summed E-state index contributed by atoms with van der Waals surface area (Å²) in [7, 11) is 8.80. The van der Waals surface area contributed by atoms with Crippen LogP contribution < -0.4 is 34.9 Å². The van der Waals surface area contributed by atoms with Crippen molar-refractivity contribution in [3.63, 3.8) is 0 Å². The highest BCUT2D eigenvalue weighted by Crippen LogP contribution is 2.52. The fraction of sp³-hybridized carbons (Fsp3) is 0.280. The minimum Gasteiger partial charge on any atom is -0.502 e. The number of halogens is 5. The SMILES string of the molecule is COC1=CC(=CC2c3ccc(F)cc3C(CC(=O)NCc3cccnc3)C2C)C=C(OC)C1=O.COc1cc(/C=C2/C(C)=C(CC(=O)NCc3cccnc3)c3cc(F)ccc32)cc(OC)c1O.COc1cc(CC2c3ccc(F)cc3C(CC(=O)NCc3cccnc3)C2C)cc(OC)c1O.ClCCl. The van der Waals surface area contributed by atoms with Gasteiger partial charge in [-0.3, -0.25) is 34.1 Å². The third-order valence-corrected chi connectivity index (χ3v) is 19.0. The molecule has 18 nitrogen and oxygen atoms in total. The van der Waals surface area contributed by atoms with E-state index in [1.807, 2.05) is 61.5 Å². The molecule has 0 aliphatic heterocycles. The smallest absolute Gasteiger partial charge is 0.261 e. The van der Waals surface area contributed by atoms with Crippen LogP contribution in [0, 0.1) is 29.3 Å². The first kappa shape index (κ1) is 78.2. The summed E-state index contributed by atoms with van der Waals surface area (Å²) >= 11 is 9.53. The summed E-state index contributed by atoms with van der Waals surface area (Å²) in [5.74, 6) is -0.274. The van der Waals surface area contributed by atoms with Gasteiger partial charge in [-0.15, -0.1) is 23.2 Å². The summed E-state index contributed by atoms with van der Waals surface area (Å²) in [5, 5.41) is 29.5. The maximum atomic E-state index is 14.2. The van der Waals surface area contributed by atoms with Crippen molar-refractivity contribution in [3.05, 3.63) is 272 Å². The van der Waals surface area contributed by atoms with Gasteiger partial charge in [0.2, 0.25) is 29.2 Å². The number of aromatic hydroxyl groups is 2. The number of hydrogen-bond acceptors (Lipinski definition) is 15. The number of rotatable bonds is 22. The van der Waals surface area contributed by atoms with Gasteiger partial charge in [-0.1, -0.05) is 56.3 Å². The second kappa shape index (κ2) is 37.0. The molecule has 12 rings (SSSR count). The number of methoxy groups -OCH3 is 6. The van der Waals surface area contributed by atoms with E-state index < -0.39 is 0 Å². The Morgan fingerprint density at radius 1 is 0.524 bits per heavy atom. The molecule has 0 fully saturated rings. The number of pyridine rings is 3. The van der Waals surface area contributed by atoms with Crippen molar-refractivity contribution in [2.45, 2.75) is 89.8 Å². The van der Waals surface area contributed by atoms with E-state index in [1.54, 1.807) is 91.8 Å². The van der Waals surface area contributed by atoms with Crippen LogP contribution >= 0.6 is 23.2 Å². The number of nitrogens with zero attached hydrogens (tertiary/aromatic N) is 3. The number of aromatic nitrogens is 3. The van der Waals surface area contributed by atoms with Crippen molar-refractivity contribution in [1.82, 2.24) is 30.9 Å². The quantitative estimate of drug-likeness (QED) is 0.0397. The number of allylic oxidation sites excluding steroid dienone is 6. The predicted octanol–water partition coefficient (Wildman–Crippen LogP) is 15.4. The molecular weight excluding hydrogens is 1390 g/mol. The molecule has 4 aliphatic rings. The summed E-state index contributed by atoms with van der Waals surface area (Å²) in [5.41, 5.74) is 12.9. The maximum Gasteiger partial charge on any atom is 0.261 e. The molecule has 105 heavy (non-hydrogen) atoms. The Kier molecular flexibility index (Phi) is 27.6. The number of hydrogen-bond donors (Lipinski definition) is 5. The van der Waals surface area contributed by atoms with Gasteiger partial charge in [0, 0.05) is 75.6 Å². The molecule has 0 saturated heterocycles. The normalized spacial score (nSPS) is 17.6. The topological polar surface area (TPSA) is 239 Å². The molecule has 0 bridgehead atoms. The number of alkyl halides is 2. The van der Waals surface area contributed by atoms with Crippen molar-refractivity contribution < 1.29 is 71.0 Å². The standard InChI is InChI=1S/C27H29FN2O4.C27H27FN2O4.C27H25FN2O4.CH2Cl2/c3*1-16-21(9-18-10-24(33-2)27(32)25(11-18)34-3)20-7-6-19(28)12-23(20)22(16)13-26(31)30-15-17-5-4-8-29-14-17;2-1-3/h4-8,10-12,14,16,21-22,32H,9,13,15H2,1-3H3,(H,30,31);4-12,14,16,21-22H,13,15H2,1-3H3,(H,30,31);4-12,14,32H,13,15H2,1-3H3,(H,30,31);1H2/b;;21-9-;. The largest absolute Gasteiger partial charge is 0.502 e. The number of phenols is 2. The number of fused-ring (bicyclic) bond motifs is 3. The Labute approximate surface area is 618 Å². The number of carbonyl (C=O) groups excluding carboxylic acids is 4. The summed E-state index contributed by atoms with van der Waals surface area (Å²) in [6.45, 7) is 7.25. The van der Waals surface area contributed by atoms with Crippen LogP contribution in [0.1, 0.15) is 125 Å². The predicted molar refractivity (Wildman–Crippen MR) is 397 cm³/mol. The van der Waals surface area contributed by atoms with E-state index in [1.165, 1.54) is 73.0 Å².